The number of carbonyl (C=O) groups is 1. The molecule has 0 saturated carbocycles. The molecule has 1 aromatic carbocycles. The van der Waals surface area contributed by atoms with Crippen molar-refractivity contribution in [2.24, 2.45) is 0 Å². The van der Waals surface area contributed by atoms with Crippen molar-refractivity contribution in [1.82, 2.24) is 4.98 Å². The summed E-state index contributed by atoms with van der Waals surface area (Å²) in [4.78, 5) is 16.3. The summed E-state index contributed by atoms with van der Waals surface area (Å²) in [5.41, 5.74) is 0.229. The maximum Gasteiger partial charge on any atom is 0.336 e. The number of carboxylic acids is 1. The van der Waals surface area contributed by atoms with Gasteiger partial charge in [-0.1, -0.05) is 18.7 Å². The van der Waals surface area contributed by atoms with Gasteiger partial charge in [0, 0.05) is 15.6 Å². The van der Waals surface area contributed by atoms with Crippen molar-refractivity contribution in [3.8, 4) is 5.75 Å². The zero-order valence-electron chi connectivity index (χ0n) is 11.4. The Hall–Kier alpha value is -1.53. The highest BCUT2D eigenvalue weighted by Crippen LogP contribution is 2.34. The largest absolute Gasteiger partial charge is 0.491 e. The van der Waals surface area contributed by atoms with E-state index in [9.17, 15) is 4.79 Å². The molecule has 0 fully saturated rings. The second-order valence-corrected chi connectivity index (χ2v) is 6.12. The summed E-state index contributed by atoms with van der Waals surface area (Å²) in [7, 11) is 0. The predicted octanol–water partition coefficient (Wildman–Crippen LogP) is 4.48. The van der Waals surface area contributed by atoms with Crippen molar-refractivity contribution in [3.05, 3.63) is 46.6 Å². The molecule has 0 radical (unpaired) electrons. The number of hydrogen-bond donors (Lipinski definition) is 1. The van der Waals surface area contributed by atoms with E-state index in [1.54, 1.807) is 18.3 Å². The van der Waals surface area contributed by atoms with Crippen LogP contribution >= 0.6 is 27.7 Å². The number of nitrogens with zero attached hydrogens (tertiary/aromatic N) is 1. The number of halogens is 1. The second kappa shape index (κ2) is 7.47. The average Bonchev–Trinajstić information content (AvgIpc) is 2.48. The highest BCUT2D eigenvalue weighted by molar-refractivity contribution is 9.10. The first kappa shape index (κ1) is 15.9. The van der Waals surface area contributed by atoms with Crippen LogP contribution in [0.25, 0.3) is 0 Å². The molecular weight excluding hydrogens is 354 g/mol. The second-order valence-electron chi connectivity index (χ2n) is 4.20. The molecule has 21 heavy (non-hydrogen) atoms. The van der Waals surface area contributed by atoms with E-state index in [1.807, 2.05) is 25.1 Å². The fraction of sp³-hybridized carbons (Fsp3) is 0.200. The van der Waals surface area contributed by atoms with Crippen LogP contribution in [0.2, 0.25) is 0 Å². The van der Waals surface area contributed by atoms with Gasteiger partial charge in [0.15, 0.2) is 5.75 Å². The minimum Gasteiger partial charge on any atom is -0.491 e. The summed E-state index contributed by atoms with van der Waals surface area (Å²) in [6.07, 6.45) is 2.61. The topological polar surface area (TPSA) is 59.4 Å². The molecule has 0 aliphatic rings. The van der Waals surface area contributed by atoms with Crippen LogP contribution < -0.4 is 4.74 Å². The average molecular weight is 368 g/mol. The Labute approximate surface area is 135 Å². The SMILES string of the molecule is CCCOc1cccnc1Sc1ccc(Br)c(C(=O)O)c1. The fourth-order valence-corrected chi connectivity index (χ4v) is 2.91. The van der Waals surface area contributed by atoms with Crippen molar-refractivity contribution in [1.29, 1.82) is 0 Å². The van der Waals surface area contributed by atoms with Crippen molar-refractivity contribution in [3.63, 3.8) is 0 Å². The van der Waals surface area contributed by atoms with Gasteiger partial charge in [-0.2, -0.15) is 0 Å². The van der Waals surface area contributed by atoms with Gasteiger partial charge in [-0.25, -0.2) is 9.78 Å². The van der Waals surface area contributed by atoms with Gasteiger partial charge in [0.2, 0.25) is 0 Å². The number of rotatable bonds is 6. The molecule has 4 nitrogen and oxygen atoms in total. The Balaban J connectivity index is 2.26. The van der Waals surface area contributed by atoms with Crippen molar-refractivity contribution in [2.75, 3.05) is 6.61 Å². The van der Waals surface area contributed by atoms with E-state index in [4.69, 9.17) is 9.84 Å². The van der Waals surface area contributed by atoms with Crippen molar-refractivity contribution in [2.45, 2.75) is 23.3 Å². The van der Waals surface area contributed by atoms with Crippen LogP contribution in [0, 0.1) is 0 Å². The van der Waals surface area contributed by atoms with E-state index < -0.39 is 5.97 Å². The first-order chi connectivity index (χ1) is 10.1. The van der Waals surface area contributed by atoms with Crippen LogP contribution in [0.5, 0.6) is 5.75 Å². The summed E-state index contributed by atoms with van der Waals surface area (Å²) in [5, 5.41) is 9.87. The molecule has 0 spiro atoms. The minimum atomic E-state index is -0.965. The number of aromatic carboxylic acids is 1. The highest BCUT2D eigenvalue weighted by Gasteiger charge is 2.12. The van der Waals surface area contributed by atoms with Crippen LogP contribution in [-0.4, -0.2) is 22.7 Å². The number of hydrogen-bond acceptors (Lipinski definition) is 4. The molecule has 0 unspecified atom stereocenters. The van der Waals surface area contributed by atoms with Crippen LogP contribution in [0.1, 0.15) is 23.7 Å². The van der Waals surface area contributed by atoms with Crippen LogP contribution in [0.15, 0.2) is 50.9 Å². The Morgan fingerprint density at radius 2 is 2.24 bits per heavy atom. The first-order valence-corrected chi connectivity index (χ1v) is 8.01. The molecule has 6 heteroatoms. The van der Waals surface area contributed by atoms with E-state index in [2.05, 4.69) is 20.9 Å². The summed E-state index contributed by atoms with van der Waals surface area (Å²) >= 11 is 4.62. The smallest absolute Gasteiger partial charge is 0.336 e. The van der Waals surface area contributed by atoms with E-state index in [0.717, 1.165) is 16.3 Å². The Morgan fingerprint density at radius 1 is 1.43 bits per heavy atom. The van der Waals surface area contributed by atoms with Crippen LogP contribution in [0.3, 0.4) is 0 Å². The molecule has 0 aliphatic carbocycles. The minimum absolute atomic E-state index is 0.229. The van der Waals surface area contributed by atoms with E-state index in [-0.39, 0.29) is 5.56 Å². The van der Waals surface area contributed by atoms with E-state index in [0.29, 0.717) is 16.8 Å². The molecule has 1 N–H and O–H groups in total. The lowest BCUT2D eigenvalue weighted by atomic mass is 10.2. The molecular formula is C15H14BrNO3S. The number of ether oxygens (including phenoxy) is 1. The highest BCUT2D eigenvalue weighted by atomic mass is 79.9. The van der Waals surface area contributed by atoms with Gasteiger partial charge >= 0.3 is 5.97 Å². The lowest BCUT2D eigenvalue weighted by Crippen LogP contribution is -1.99. The van der Waals surface area contributed by atoms with Crippen molar-refractivity contribution >= 4 is 33.7 Å². The molecule has 2 rings (SSSR count). The molecule has 0 bridgehead atoms. The third-order valence-corrected chi connectivity index (χ3v) is 4.26. The number of pyridine rings is 1. The van der Waals surface area contributed by atoms with Gasteiger partial charge < -0.3 is 9.84 Å². The molecule has 0 atom stereocenters. The van der Waals surface area contributed by atoms with Crippen molar-refractivity contribution < 1.29 is 14.6 Å². The number of benzene rings is 1. The van der Waals surface area contributed by atoms with Crippen LogP contribution in [0.4, 0.5) is 0 Å². The monoisotopic (exact) mass is 367 g/mol. The standard InChI is InChI=1S/C15H14BrNO3S/c1-2-8-20-13-4-3-7-17-14(13)21-10-5-6-12(16)11(9-10)15(18)19/h3-7,9H,2,8H2,1H3,(H,18,19). The third-order valence-electron chi connectivity index (χ3n) is 2.58. The zero-order chi connectivity index (χ0) is 15.2. The summed E-state index contributed by atoms with van der Waals surface area (Å²) in [6.45, 7) is 2.66. The molecule has 2 aromatic rings. The zero-order valence-corrected chi connectivity index (χ0v) is 13.8. The lowest BCUT2D eigenvalue weighted by Gasteiger charge is -2.10. The van der Waals surface area contributed by atoms with E-state index >= 15 is 0 Å². The Morgan fingerprint density at radius 3 is 2.95 bits per heavy atom. The number of aromatic nitrogens is 1. The number of carboxylic acid groups (broad SMARTS) is 1. The van der Waals surface area contributed by atoms with Gasteiger partial charge in [-0.3, -0.25) is 0 Å². The molecule has 0 aliphatic heterocycles. The Bertz CT molecular complexity index is 649. The Kier molecular flexibility index (Phi) is 5.64. The molecule has 1 heterocycles. The molecule has 110 valence electrons. The van der Waals surface area contributed by atoms with E-state index in [1.165, 1.54) is 11.8 Å². The summed E-state index contributed by atoms with van der Waals surface area (Å²) in [5.74, 6) is -0.253. The quantitative estimate of drug-likeness (QED) is 0.815. The van der Waals surface area contributed by atoms with Gasteiger partial charge in [0.1, 0.15) is 5.03 Å². The predicted molar refractivity (Wildman–Crippen MR) is 85.2 cm³/mol. The third kappa shape index (κ3) is 4.22. The van der Waals surface area contributed by atoms with Gasteiger partial charge in [0.05, 0.1) is 12.2 Å². The normalized spacial score (nSPS) is 10.4. The maximum absolute atomic E-state index is 11.2. The molecule has 0 amide bonds. The first-order valence-electron chi connectivity index (χ1n) is 6.40. The molecule has 1 aromatic heterocycles. The fourth-order valence-electron chi connectivity index (χ4n) is 1.62. The van der Waals surface area contributed by atoms with Gasteiger partial charge in [-0.05, 0) is 52.7 Å². The lowest BCUT2D eigenvalue weighted by molar-refractivity contribution is 0.0695. The van der Waals surface area contributed by atoms with Gasteiger partial charge in [-0.15, -0.1) is 0 Å². The van der Waals surface area contributed by atoms with Crippen LogP contribution in [-0.2, 0) is 0 Å². The maximum atomic E-state index is 11.2. The summed E-state index contributed by atoms with van der Waals surface area (Å²) in [6, 6.07) is 8.87. The van der Waals surface area contributed by atoms with Gasteiger partial charge in [0.25, 0.3) is 0 Å². The molecule has 0 saturated heterocycles. The summed E-state index contributed by atoms with van der Waals surface area (Å²) < 4.78 is 6.21.